The second-order valence-electron chi connectivity index (χ2n) is 5.14. The fourth-order valence-electron chi connectivity index (χ4n) is 2.21. The van der Waals surface area contributed by atoms with Gasteiger partial charge < -0.3 is 15.2 Å². The first-order valence-corrected chi connectivity index (χ1v) is 7.04. The molecule has 0 aliphatic heterocycles. The van der Waals surface area contributed by atoms with Crippen LogP contribution in [0.25, 0.3) is 0 Å². The largest absolute Gasteiger partial charge is 0.336 e. The second kappa shape index (κ2) is 5.95. The predicted octanol–water partition coefficient (Wildman–Crippen LogP) is 2.72. The molecule has 0 saturated heterocycles. The molecule has 2 aromatic rings. The lowest BCUT2D eigenvalue weighted by molar-refractivity contribution is 0.251. The van der Waals surface area contributed by atoms with Crippen molar-refractivity contribution in [1.29, 1.82) is 0 Å². The lowest BCUT2D eigenvalue weighted by Crippen LogP contribution is -2.31. The Bertz CT molecular complexity index is 619. The van der Waals surface area contributed by atoms with Crippen molar-refractivity contribution in [1.82, 2.24) is 14.9 Å². The van der Waals surface area contributed by atoms with Crippen LogP contribution in [0.15, 0.2) is 36.7 Å². The summed E-state index contributed by atoms with van der Waals surface area (Å²) in [6.07, 6.45) is 6.14. The topological polar surface area (TPSA) is 59.0 Å². The molecule has 1 aliphatic rings. The van der Waals surface area contributed by atoms with Crippen LogP contribution in [0.5, 0.6) is 0 Å². The maximum atomic E-state index is 12.8. The average molecular weight is 288 g/mol. The summed E-state index contributed by atoms with van der Waals surface area (Å²) in [5.74, 6) is 1.37. The Kier molecular flexibility index (Phi) is 3.85. The number of benzene rings is 1. The third-order valence-corrected chi connectivity index (χ3v) is 3.43. The van der Waals surface area contributed by atoms with Crippen LogP contribution in [-0.2, 0) is 6.54 Å². The van der Waals surface area contributed by atoms with Crippen LogP contribution in [0, 0.1) is 5.82 Å². The molecular formula is C15H17FN4O. The molecule has 1 aromatic heterocycles. The van der Waals surface area contributed by atoms with Gasteiger partial charge in [-0.1, -0.05) is 0 Å². The SMILES string of the molecule is O=C(NCCn1ccnc1C1CC1)Nc1ccc(F)cc1. The van der Waals surface area contributed by atoms with Gasteiger partial charge in [0.1, 0.15) is 11.6 Å². The van der Waals surface area contributed by atoms with Gasteiger partial charge in [0, 0.05) is 37.1 Å². The molecule has 1 aromatic carbocycles. The van der Waals surface area contributed by atoms with Crippen LogP contribution in [-0.4, -0.2) is 22.1 Å². The molecule has 1 saturated carbocycles. The summed E-state index contributed by atoms with van der Waals surface area (Å²) in [4.78, 5) is 16.1. The molecule has 1 aliphatic carbocycles. The molecule has 2 N–H and O–H groups in total. The molecule has 5 nitrogen and oxygen atoms in total. The fourth-order valence-corrected chi connectivity index (χ4v) is 2.21. The van der Waals surface area contributed by atoms with E-state index in [9.17, 15) is 9.18 Å². The number of carbonyl (C=O) groups is 1. The monoisotopic (exact) mass is 288 g/mol. The maximum absolute atomic E-state index is 12.8. The minimum Gasteiger partial charge on any atom is -0.336 e. The normalized spacial score (nSPS) is 14.0. The van der Waals surface area contributed by atoms with Gasteiger partial charge in [-0.15, -0.1) is 0 Å². The maximum Gasteiger partial charge on any atom is 0.319 e. The van der Waals surface area contributed by atoms with Crippen molar-refractivity contribution >= 4 is 11.7 Å². The molecule has 3 rings (SSSR count). The van der Waals surface area contributed by atoms with E-state index in [1.807, 2.05) is 6.20 Å². The smallest absolute Gasteiger partial charge is 0.319 e. The number of rotatable bonds is 5. The third-order valence-electron chi connectivity index (χ3n) is 3.43. The summed E-state index contributed by atoms with van der Waals surface area (Å²) in [5, 5.41) is 5.44. The lowest BCUT2D eigenvalue weighted by Gasteiger charge is -2.10. The number of aromatic nitrogens is 2. The van der Waals surface area contributed by atoms with Crippen LogP contribution < -0.4 is 10.6 Å². The summed E-state index contributed by atoms with van der Waals surface area (Å²) >= 11 is 0. The Morgan fingerprint density at radius 2 is 2.10 bits per heavy atom. The van der Waals surface area contributed by atoms with Gasteiger partial charge in [0.15, 0.2) is 0 Å². The van der Waals surface area contributed by atoms with E-state index in [0.717, 1.165) is 5.82 Å². The Hall–Kier alpha value is -2.37. The number of hydrogen-bond acceptors (Lipinski definition) is 2. The van der Waals surface area contributed by atoms with Gasteiger partial charge in [0.05, 0.1) is 0 Å². The van der Waals surface area contributed by atoms with Crippen LogP contribution >= 0.6 is 0 Å². The number of amides is 2. The Balaban J connectivity index is 1.45. The highest BCUT2D eigenvalue weighted by atomic mass is 19.1. The highest BCUT2D eigenvalue weighted by molar-refractivity contribution is 5.89. The van der Waals surface area contributed by atoms with E-state index in [1.54, 1.807) is 6.20 Å². The fraction of sp³-hybridized carbons (Fsp3) is 0.333. The van der Waals surface area contributed by atoms with Crippen molar-refractivity contribution in [3.63, 3.8) is 0 Å². The zero-order valence-corrected chi connectivity index (χ0v) is 11.6. The number of nitrogens with zero attached hydrogens (tertiary/aromatic N) is 2. The number of hydrogen-bond donors (Lipinski definition) is 2. The van der Waals surface area contributed by atoms with Gasteiger partial charge in [-0.2, -0.15) is 0 Å². The standard InChI is InChI=1S/C15H17FN4O/c16-12-3-5-13(6-4-12)19-15(21)18-8-10-20-9-7-17-14(20)11-1-2-11/h3-7,9,11H,1-2,8,10H2,(H2,18,19,21). The van der Waals surface area contributed by atoms with E-state index in [4.69, 9.17) is 0 Å². The summed E-state index contributed by atoms with van der Waals surface area (Å²) in [5.41, 5.74) is 0.565. The highest BCUT2D eigenvalue weighted by Crippen LogP contribution is 2.38. The molecule has 6 heteroatoms. The Labute approximate surface area is 122 Å². The van der Waals surface area contributed by atoms with Gasteiger partial charge >= 0.3 is 6.03 Å². The van der Waals surface area contributed by atoms with Gasteiger partial charge in [-0.25, -0.2) is 14.2 Å². The minimum absolute atomic E-state index is 0.297. The number of carbonyl (C=O) groups excluding carboxylic acids is 1. The zero-order chi connectivity index (χ0) is 14.7. The molecule has 21 heavy (non-hydrogen) atoms. The van der Waals surface area contributed by atoms with Crippen LogP contribution in [0.2, 0.25) is 0 Å². The number of imidazole rings is 1. The van der Waals surface area contributed by atoms with Gasteiger partial charge in [0.2, 0.25) is 0 Å². The van der Waals surface area contributed by atoms with E-state index in [0.29, 0.717) is 24.7 Å². The van der Waals surface area contributed by atoms with E-state index < -0.39 is 0 Å². The van der Waals surface area contributed by atoms with Crippen LogP contribution in [0.1, 0.15) is 24.6 Å². The Morgan fingerprint density at radius 3 is 2.81 bits per heavy atom. The third kappa shape index (κ3) is 3.59. The molecule has 0 unspecified atom stereocenters. The first kappa shape index (κ1) is 13.6. The molecule has 1 heterocycles. The summed E-state index contributed by atoms with van der Waals surface area (Å²) < 4.78 is 14.8. The molecule has 0 radical (unpaired) electrons. The summed E-state index contributed by atoms with van der Waals surface area (Å²) in [7, 11) is 0. The molecule has 2 amide bonds. The van der Waals surface area contributed by atoms with Crippen molar-refractivity contribution in [3.05, 3.63) is 48.3 Å². The molecule has 0 atom stereocenters. The number of urea groups is 1. The summed E-state index contributed by atoms with van der Waals surface area (Å²) in [6.45, 7) is 1.21. The average Bonchev–Trinajstić information content (AvgIpc) is 3.21. The van der Waals surface area contributed by atoms with Gasteiger partial charge in [-0.3, -0.25) is 0 Å². The minimum atomic E-state index is -0.325. The lowest BCUT2D eigenvalue weighted by atomic mass is 10.3. The quantitative estimate of drug-likeness (QED) is 0.888. The van der Waals surface area contributed by atoms with Gasteiger partial charge in [-0.05, 0) is 37.1 Å². The van der Waals surface area contributed by atoms with Crippen molar-refractivity contribution in [3.8, 4) is 0 Å². The first-order valence-electron chi connectivity index (χ1n) is 7.04. The van der Waals surface area contributed by atoms with E-state index in [2.05, 4.69) is 20.2 Å². The predicted molar refractivity (Wildman–Crippen MR) is 77.6 cm³/mol. The van der Waals surface area contributed by atoms with E-state index >= 15 is 0 Å². The van der Waals surface area contributed by atoms with Gasteiger partial charge in [0.25, 0.3) is 0 Å². The molecule has 110 valence electrons. The van der Waals surface area contributed by atoms with Crippen molar-refractivity contribution < 1.29 is 9.18 Å². The number of halogens is 1. The first-order chi connectivity index (χ1) is 10.2. The number of anilines is 1. The molecular weight excluding hydrogens is 271 g/mol. The van der Waals surface area contributed by atoms with Crippen molar-refractivity contribution in [2.75, 3.05) is 11.9 Å². The summed E-state index contributed by atoms with van der Waals surface area (Å²) in [6, 6.07) is 5.37. The zero-order valence-electron chi connectivity index (χ0n) is 11.6. The van der Waals surface area contributed by atoms with Crippen LogP contribution in [0.3, 0.4) is 0 Å². The Morgan fingerprint density at radius 1 is 1.33 bits per heavy atom. The van der Waals surface area contributed by atoms with Crippen molar-refractivity contribution in [2.45, 2.75) is 25.3 Å². The van der Waals surface area contributed by atoms with Crippen LogP contribution in [0.4, 0.5) is 14.9 Å². The number of nitrogens with one attached hydrogen (secondary N) is 2. The van der Waals surface area contributed by atoms with E-state index in [-0.39, 0.29) is 11.8 Å². The van der Waals surface area contributed by atoms with E-state index in [1.165, 1.54) is 37.1 Å². The molecule has 1 fully saturated rings. The molecule has 0 bridgehead atoms. The second-order valence-corrected chi connectivity index (χ2v) is 5.14. The molecule has 0 spiro atoms. The van der Waals surface area contributed by atoms with Crippen molar-refractivity contribution in [2.24, 2.45) is 0 Å². The highest BCUT2D eigenvalue weighted by Gasteiger charge is 2.27.